The molecule has 3 N–H and O–H groups in total. The number of nitrogens with one attached hydrogen (secondary N) is 1. The highest BCUT2D eigenvalue weighted by Crippen LogP contribution is 1.99. The third-order valence-electron chi connectivity index (χ3n) is 1.05. The molecule has 0 heterocycles. The van der Waals surface area contributed by atoms with Crippen molar-refractivity contribution in [3.63, 3.8) is 0 Å². The zero-order valence-electron chi connectivity index (χ0n) is 5.76. The number of hydrazine groups is 1. The van der Waals surface area contributed by atoms with Crippen molar-refractivity contribution in [3.05, 3.63) is 12.7 Å². The van der Waals surface area contributed by atoms with E-state index in [0.717, 1.165) is 12.2 Å². The molecule has 9 heavy (non-hydrogen) atoms. The van der Waals surface area contributed by atoms with Gasteiger partial charge in [0.05, 0.1) is 0 Å². The first-order chi connectivity index (χ1) is 4.35. The van der Waals surface area contributed by atoms with Crippen LogP contribution < -0.4 is 11.3 Å². The first-order valence-electron chi connectivity index (χ1n) is 2.91. The SMILES string of the molecule is C=CCC(CSC)NN. The van der Waals surface area contributed by atoms with E-state index in [1.165, 1.54) is 0 Å². The zero-order chi connectivity index (χ0) is 7.11. The Labute approximate surface area is 60.9 Å². The van der Waals surface area contributed by atoms with Gasteiger partial charge in [-0.15, -0.1) is 6.58 Å². The highest BCUT2D eigenvalue weighted by atomic mass is 32.2. The Bertz CT molecular complexity index is 75.5. The molecule has 0 amide bonds. The van der Waals surface area contributed by atoms with Crippen molar-refractivity contribution < 1.29 is 0 Å². The predicted molar refractivity (Wildman–Crippen MR) is 44.3 cm³/mol. The van der Waals surface area contributed by atoms with Gasteiger partial charge in [-0.2, -0.15) is 11.8 Å². The Kier molecular flexibility index (Phi) is 6.14. The van der Waals surface area contributed by atoms with Gasteiger partial charge in [-0.3, -0.25) is 11.3 Å². The van der Waals surface area contributed by atoms with Crippen LogP contribution in [0, 0.1) is 0 Å². The number of hydrogen-bond donors (Lipinski definition) is 2. The fraction of sp³-hybridized carbons (Fsp3) is 0.667. The molecule has 0 aliphatic heterocycles. The molecular weight excluding hydrogens is 132 g/mol. The van der Waals surface area contributed by atoms with Gasteiger partial charge in [0.1, 0.15) is 0 Å². The fourth-order valence-corrected chi connectivity index (χ4v) is 1.22. The highest BCUT2D eigenvalue weighted by molar-refractivity contribution is 7.98. The van der Waals surface area contributed by atoms with E-state index < -0.39 is 0 Å². The molecule has 1 unspecified atom stereocenters. The molecule has 0 aliphatic rings. The van der Waals surface area contributed by atoms with Crippen LogP contribution in [0.1, 0.15) is 6.42 Å². The molecule has 0 aromatic carbocycles. The van der Waals surface area contributed by atoms with E-state index in [1.54, 1.807) is 11.8 Å². The molecule has 0 aliphatic carbocycles. The molecule has 3 heteroatoms. The summed E-state index contributed by atoms with van der Waals surface area (Å²) < 4.78 is 0. The van der Waals surface area contributed by atoms with Crippen molar-refractivity contribution in [1.82, 2.24) is 5.43 Å². The van der Waals surface area contributed by atoms with Crippen molar-refractivity contribution in [2.24, 2.45) is 5.84 Å². The zero-order valence-corrected chi connectivity index (χ0v) is 6.58. The second kappa shape index (κ2) is 6.13. The third-order valence-corrected chi connectivity index (χ3v) is 1.79. The molecular formula is C6H14N2S. The van der Waals surface area contributed by atoms with Crippen LogP contribution in [0.5, 0.6) is 0 Å². The van der Waals surface area contributed by atoms with Crippen molar-refractivity contribution in [2.45, 2.75) is 12.5 Å². The quantitative estimate of drug-likeness (QED) is 0.341. The average molecular weight is 146 g/mol. The standard InChI is InChI=1S/C6H14N2S/c1-3-4-6(8-7)5-9-2/h3,6,8H,1,4-5,7H2,2H3. The van der Waals surface area contributed by atoms with Gasteiger partial charge in [0.25, 0.3) is 0 Å². The van der Waals surface area contributed by atoms with Crippen molar-refractivity contribution in [2.75, 3.05) is 12.0 Å². The van der Waals surface area contributed by atoms with Gasteiger partial charge in [-0.1, -0.05) is 6.08 Å². The fourth-order valence-electron chi connectivity index (χ4n) is 0.587. The van der Waals surface area contributed by atoms with Gasteiger partial charge in [0.2, 0.25) is 0 Å². The lowest BCUT2D eigenvalue weighted by Gasteiger charge is -2.10. The minimum atomic E-state index is 0.387. The monoisotopic (exact) mass is 146 g/mol. The largest absolute Gasteiger partial charge is 0.271 e. The van der Waals surface area contributed by atoms with E-state index in [0.29, 0.717) is 6.04 Å². The van der Waals surface area contributed by atoms with E-state index in [2.05, 4.69) is 18.3 Å². The summed E-state index contributed by atoms with van der Waals surface area (Å²) in [5, 5.41) is 0. The summed E-state index contributed by atoms with van der Waals surface area (Å²) in [6.45, 7) is 3.63. The van der Waals surface area contributed by atoms with Gasteiger partial charge in [0.15, 0.2) is 0 Å². The summed E-state index contributed by atoms with van der Waals surface area (Å²) in [5.41, 5.74) is 2.71. The highest BCUT2D eigenvalue weighted by Gasteiger charge is 2.00. The van der Waals surface area contributed by atoms with Crippen molar-refractivity contribution in [3.8, 4) is 0 Å². The summed E-state index contributed by atoms with van der Waals surface area (Å²) >= 11 is 1.78. The average Bonchev–Trinajstić information content (AvgIpc) is 1.88. The second-order valence-electron chi connectivity index (χ2n) is 1.84. The van der Waals surface area contributed by atoms with Gasteiger partial charge in [0, 0.05) is 11.8 Å². The van der Waals surface area contributed by atoms with Gasteiger partial charge < -0.3 is 0 Å². The number of thioether (sulfide) groups is 1. The van der Waals surface area contributed by atoms with Gasteiger partial charge >= 0.3 is 0 Å². The predicted octanol–water partition coefficient (Wildman–Crippen LogP) is 0.757. The first kappa shape index (κ1) is 9.01. The van der Waals surface area contributed by atoms with Gasteiger partial charge in [-0.05, 0) is 12.7 Å². The summed E-state index contributed by atoms with van der Waals surface area (Å²) in [4.78, 5) is 0. The lowest BCUT2D eigenvalue weighted by molar-refractivity contribution is 0.585. The smallest absolute Gasteiger partial charge is 0.0335 e. The van der Waals surface area contributed by atoms with Gasteiger partial charge in [-0.25, -0.2) is 0 Å². The molecule has 0 aromatic rings. The van der Waals surface area contributed by atoms with Crippen LogP contribution in [-0.4, -0.2) is 18.1 Å². The van der Waals surface area contributed by atoms with E-state index in [1.807, 2.05) is 6.08 Å². The second-order valence-corrected chi connectivity index (χ2v) is 2.75. The molecule has 0 aromatic heterocycles. The van der Waals surface area contributed by atoms with E-state index in [4.69, 9.17) is 5.84 Å². The van der Waals surface area contributed by atoms with Crippen LogP contribution >= 0.6 is 11.8 Å². The van der Waals surface area contributed by atoms with Crippen LogP contribution in [0.4, 0.5) is 0 Å². The first-order valence-corrected chi connectivity index (χ1v) is 4.30. The molecule has 0 spiro atoms. The molecule has 0 saturated heterocycles. The van der Waals surface area contributed by atoms with Crippen LogP contribution in [0.15, 0.2) is 12.7 Å². The molecule has 0 rings (SSSR count). The van der Waals surface area contributed by atoms with Crippen LogP contribution in [0.3, 0.4) is 0 Å². The van der Waals surface area contributed by atoms with E-state index in [9.17, 15) is 0 Å². The Morgan fingerprint density at radius 3 is 2.89 bits per heavy atom. The number of hydrogen-bond acceptors (Lipinski definition) is 3. The summed E-state index contributed by atoms with van der Waals surface area (Å²) in [7, 11) is 0. The number of rotatable bonds is 5. The Hall–Kier alpha value is 0.01000. The Balaban J connectivity index is 3.28. The normalized spacial score (nSPS) is 13.1. The minimum absolute atomic E-state index is 0.387. The molecule has 1 atom stereocenters. The molecule has 0 radical (unpaired) electrons. The summed E-state index contributed by atoms with van der Waals surface area (Å²) in [6.07, 6.45) is 4.88. The summed E-state index contributed by atoms with van der Waals surface area (Å²) in [5.74, 6) is 6.28. The molecule has 0 bridgehead atoms. The maximum absolute atomic E-state index is 5.23. The topological polar surface area (TPSA) is 38.0 Å². The van der Waals surface area contributed by atoms with E-state index in [-0.39, 0.29) is 0 Å². The van der Waals surface area contributed by atoms with E-state index >= 15 is 0 Å². The van der Waals surface area contributed by atoms with Crippen molar-refractivity contribution in [1.29, 1.82) is 0 Å². The minimum Gasteiger partial charge on any atom is -0.271 e. The molecule has 2 nitrogen and oxygen atoms in total. The maximum Gasteiger partial charge on any atom is 0.0335 e. The van der Waals surface area contributed by atoms with Crippen LogP contribution in [-0.2, 0) is 0 Å². The Morgan fingerprint density at radius 1 is 1.89 bits per heavy atom. The van der Waals surface area contributed by atoms with Crippen LogP contribution in [0.2, 0.25) is 0 Å². The lowest BCUT2D eigenvalue weighted by Crippen LogP contribution is -2.36. The summed E-state index contributed by atoms with van der Waals surface area (Å²) in [6, 6.07) is 0.387. The van der Waals surface area contributed by atoms with Crippen molar-refractivity contribution >= 4 is 11.8 Å². The molecule has 54 valence electrons. The third kappa shape index (κ3) is 4.51. The molecule has 0 saturated carbocycles. The molecule has 0 fully saturated rings. The Morgan fingerprint density at radius 2 is 2.56 bits per heavy atom. The number of nitrogens with two attached hydrogens (primary N) is 1. The lowest BCUT2D eigenvalue weighted by atomic mass is 10.2. The van der Waals surface area contributed by atoms with Crippen LogP contribution in [0.25, 0.3) is 0 Å². The maximum atomic E-state index is 5.23.